The molecule has 4 N–H and O–H groups in total. The quantitative estimate of drug-likeness (QED) is 0.727. The monoisotopic (exact) mass is 300 g/mol. The molecule has 0 radical (unpaired) electrons. The van der Waals surface area contributed by atoms with Gasteiger partial charge < -0.3 is 11.5 Å². The molecule has 0 heterocycles. The predicted octanol–water partition coefficient (Wildman–Crippen LogP) is 1.90. The van der Waals surface area contributed by atoms with Gasteiger partial charge in [-0.05, 0) is 35.1 Å². The summed E-state index contributed by atoms with van der Waals surface area (Å²) in [7, 11) is 0. The van der Waals surface area contributed by atoms with Crippen LogP contribution >= 0.6 is 22.6 Å². The van der Waals surface area contributed by atoms with Crippen LogP contribution in [0.25, 0.3) is 0 Å². The fourth-order valence-electron chi connectivity index (χ4n) is 1.23. The minimum absolute atomic E-state index is 0.192. The Morgan fingerprint density at radius 3 is 2.62 bits per heavy atom. The zero-order chi connectivity index (χ0) is 10.2. The van der Waals surface area contributed by atoms with Gasteiger partial charge in [-0.15, -0.1) is 0 Å². The van der Waals surface area contributed by atoms with E-state index in [1.807, 2.05) is 0 Å². The molecule has 0 saturated heterocycles. The lowest BCUT2D eigenvalue weighted by atomic mass is 9.84. The first-order chi connectivity index (χ1) is 5.93. The second kappa shape index (κ2) is 3.62. The molecule has 0 saturated carbocycles. The van der Waals surface area contributed by atoms with Crippen LogP contribution in [0.5, 0.6) is 0 Å². The van der Waals surface area contributed by atoms with Crippen molar-refractivity contribution in [1.29, 1.82) is 0 Å². The summed E-state index contributed by atoms with van der Waals surface area (Å²) in [6.45, 7) is 1.68. The summed E-state index contributed by atoms with van der Waals surface area (Å²) < 4.78 is 26.7. The van der Waals surface area contributed by atoms with Crippen LogP contribution < -0.4 is 11.5 Å². The van der Waals surface area contributed by atoms with Crippen LogP contribution in [0.4, 0.5) is 8.78 Å². The van der Waals surface area contributed by atoms with E-state index in [0.29, 0.717) is 0 Å². The largest absolute Gasteiger partial charge is 0.323 e. The Bertz CT molecular complexity index is 288. The molecule has 0 fully saturated rings. The topological polar surface area (TPSA) is 52.0 Å². The molecule has 0 aromatic heterocycles. The highest BCUT2D eigenvalue weighted by molar-refractivity contribution is 14.1. The van der Waals surface area contributed by atoms with E-state index in [1.165, 1.54) is 6.08 Å². The molecular formula is C8H11F2IN2. The summed E-state index contributed by atoms with van der Waals surface area (Å²) in [6, 6.07) is -0.663. The van der Waals surface area contributed by atoms with Crippen molar-refractivity contribution in [3.8, 4) is 0 Å². The molecule has 2 unspecified atom stereocenters. The number of halogens is 3. The number of allylic oxidation sites excluding steroid dienone is 2. The van der Waals surface area contributed by atoms with E-state index in [-0.39, 0.29) is 10.0 Å². The van der Waals surface area contributed by atoms with E-state index in [2.05, 4.69) is 0 Å². The summed E-state index contributed by atoms with van der Waals surface area (Å²) in [5, 5.41) is 0. The minimum atomic E-state index is -1.38. The molecule has 74 valence electrons. The van der Waals surface area contributed by atoms with E-state index in [9.17, 15) is 8.78 Å². The van der Waals surface area contributed by atoms with Gasteiger partial charge >= 0.3 is 0 Å². The van der Waals surface area contributed by atoms with E-state index < -0.39 is 23.2 Å². The van der Waals surface area contributed by atoms with Crippen LogP contribution in [0.2, 0.25) is 0 Å². The number of hydrogen-bond acceptors (Lipinski definition) is 2. The highest BCUT2D eigenvalue weighted by Crippen LogP contribution is 2.37. The van der Waals surface area contributed by atoms with Crippen molar-refractivity contribution in [3.05, 3.63) is 21.3 Å². The van der Waals surface area contributed by atoms with Gasteiger partial charge in [0.1, 0.15) is 0 Å². The third-order valence-electron chi connectivity index (χ3n) is 2.32. The minimum Gasteiger partial charge on any atom is -0.323 e. The highest BCUT2D eigenvalue weighted by atomic mass is 127. The van der Waals surface area contributed by atoms with Gasteiger partial charge in [0.05, 0.1) is 5.54 Å². The Balaban J connectivity index is 3.18. The smallest absolute Gasteiger partial charge is 0.169 e. The fraction of sp³-hybridized carbons (Fsp3) is 0.500. The maximum Gasteiger partial charge on any atom is 0.169 e. The van der Waals surface area contributed by atoms with Gasteiger partial charge in [0.15, 0.2) is 11.7 Å². The first kappa shape index (κ1) is 11.1. The lowest BCUT2D eigenvalue weighted by molar-refractivity contribution is 0.329. The molecule has 1 rings (SSSR count). The van der Waals surface area contributed by atoms with Crippen molar-refractivity contribution in [1.82, 2.24) is 0 Å². The average molecular weight is 300 g/mol. The Morgan fingerprint density at radius 1 is 1.62 bits per heavy atom. The van der Waals surface area contributed by atoms with Gasteiger partial charge in [-0.3, -0.25) is 0 Å². The molecule has 0 bridgehead atoms. The first-order valence-corrected chi connectivity index (χ1v) is 4.99. The van der Waals surface area contributed by atoms with Gasteiger partial charge in [0, 0.05) is 9.62 Å². The average Bonchev–Trinajstić information content (AvgIpc) is 2.11. The summed E-state index contributed by atoms with van der Waals surface area (Å²) in [5.41, 5.74) is 9.90. The lowest BCUT2D eigenvalue weighted by Crippen LogP contribution is -2.56. The Morgan fingerprint density at radius 2 is 2.15 bits per heavy atom. The van der Waals surface area contributed by atoms with Crippen LogP contribution in [0.15, 0.2) is 21.3 Å². The van der Waals surface area contributed by atoms with Crippen LogP contribution in [-0.4, -0.2) is 11.6 Å². The molecule has 0 amide bonds. The summed E-state index contributed by atoms with van der Waals surface area (Å²) in [4.78, 5) is 0. The number of hydrogen-bond donors (Lipinski definition) is 2. The van der Waals surface area contributed by atoms with Gasteiger partial charge in [-0.2, -0.15) is 0 Å². The maximum atomic E-state index is 13.4. The molecule has 0 aromatic carbocycles. The molecule has 5 heteroatoms. The highest BCUT2D eigenvalue weighted by Gasteiger charge is 2.40. The maximum absolute atomic E-state index is 13.4. The SMILES string of the molecule is CCC1(N)C(F)=C(F)C(I)=CC1N. The first-order valence-electron chi connectivity index (χ1n) is 3.91. The third kappa shape index (κ3) is 1.64. The second-order valence-corrected chi connectivity index (χ2v) is 4.22. The molecule has 1 aliphatic carbocycles. The van der Waals surface area contributed by atoms with Gasteiger partial charge in [-0.1, -0.05) is 6.92 Å². The van der Waals surface area contributed by atoms with E-state index in [4.69, 9.17) is 11.5 Å². The van der Waals surface area contributed by atoms with Crippen molar-refractivity contribution in [3.63, 3.8) is 0 Å². The van der Waals surface area contributed by atoms with Crippen LogP contribution in [0, 0.1) is 0 Å². The number of rotatable bonds is 1. The van der Waals surface area contributed by atoms with Crippen molar-refractivity contribution in [2.75, 3.05) is 0 Å². The van der Waals surface area contributed by atoms with Gasteiger partial charge in [-0.25, -0.2) is 8.78 Å². The van der Waals surface area contributed by atoms with Gasteiger partial charge in [0.2, 0.25) is 0 Å². The molecule has 13 heavy (non-hydrogen) atoms. The summed E-state index contributed by atoms with van der Waals surface area (Å²) in [6.07, 6.45) is 1.72. The Hall–Kier alpha value is -0.0100. The van der Waals surface area contributed by atoms with Crippen LogP contribution in [0.3, 0.4) is 0 Å². The molecule has 2 nitrogen and oxygen atoms in total. The molecule has 2 atom stereocenters. The Labute approximate surface area is 89.2 Å². The van der Waals surface area contributed by atoms with Gasteiger partial charge in [0.25, 0.3) is 0 Å². The van der Waals surface area contributed by atoms with E-state index in [1.54, 1.807) is 29.5 Å². The van der Waals surface area contributed by atoms with Crippen molar-refractivity contribution >= 4 is 22.6 Å². The van der Waals surface area contributed by atoms with Crippen molar-refractivity contribution in [2.45, 2.75) is 24.9 Å². The lowest BCUT2D eigenvalue weighted by Gasteiger charge is -2.34. The van der Waals surface area contributed by atoms with E-state index >= 15 is 0 Å². The van der Waals surface area contributed by atoms with Crippen LogP contribution in [-0.2, 0) is 0 Å². The van der Waals surface area contributed by atoms with E-state index in [0.717, 1.165) is 0 Å². The summed E-state index contributed by atoms with van der Waals surface area (Å²) in [5.74, 6) is -1.82. The normalized spacial score (nSPS) is 34.9. The van der Waals surface area contributed by atoms with Crippen LogP contribution in [0.1, 0.15) is 13.3 Å². The predicted molar refractivity (Wildman–Crippen MR) is 56.5 cm³/mol. The third-order valence-corrected chi connectivity index (χ3v) is 3.15. The number of nitrogens with two attached hydrogens (primary N) is 2. The molecular weight excluding hydrogens is 289 g/mol. The molecule has 1 aliphatic rings. The molecule has 0 spiro atoms. The molecule has 0 aromatic rings. The fourth-order valence-corrected chi connectivity index (χ4v) is 1.85. The molecule has 0 aliphatic heterocycles. The zero-order valence-corrected chi connectivity index (χ0v) is 9.31. The van der Waals surface area contributed by atoms with Crippen molar-refractivity contribution in [2.24, 2.45) is 11.5 Å². The second-order valence-electron chi connectivity index (χ2n) is 3.06. The van der Waals surface area contributed by atoms with Crippen molar-refractivity contribution < 1.29 is 8.78 Å². The summed E-state index contributed by atoms with van der Waals surface area (Å²) >= 11 is 1.70. The Kier molecular flexibility index (Phi) is 3.09. The standard InChI is InChI=1S/C8H11F2IN2/c1-2-8(13)5(12)3-4(11)6(9)7(8)10/h3,5H,2,12-13H2,1H3. The zero-order valence-electron chi connectivity index (χ0n) is 7.15.